The van der Waals surface area contributed by atoms with Gasteiger partial charge in [0, 0.05) is 44.2 Å². The number of amides is 4. The first kappa shape index (κ1) is 22.5. The Morgan fingerprint density at radius 2 is 1.81 bits per heavy atom. The Morgan fingerprint density at radius 3 is 2.47 bits per heavy atom. The van der Waals surface area contributed by atoms with E-state index in [4.69, 9.17) is 0 Å². The van der Waals surface area contributed by atoms with Crippen molar-refractivity contribution in [3.05, 3.63) is 35.6 Å². The molecule has 1 aliphatic carbocycles. The molecular weight excluding hydrogens is 413 g/mol. The number of nitrogens with one attached hydrogen (secondary N) is 3. The molecule has 8 nitrogen and oxygen atoms in total. The lowest BCUT2D eigenvalue weighted by Crippen LogP contribution is -2.52. The molecule has 1 saturated carbocycles. The van der Waals surface area contributed by atoms with Crippen LogP contribution in [-0.2, 0) is 16.1 Å². The van der Waals surface area contributed by atoms with Gasteiger partial charge in [-0.3, -0.25) is 14.5 Å². The first-order valence-electron chi connectivity index (χ1n) is 11.4. The smallest absolute Gasteiger partial charge is 0.315 e. The van der Waals surface area contributed by atoms with Crippen LogP contribution in [0.5, 0.6) is 0 Å². The average Bonchev–Trinajstić information content (AvgIpc) is 3.51. The van der Waals surface area contributed by atoms with Crippen molar-refractivity contribution in [2.24, 2.45) is 5.92 Å². The van der Waals surface area contributed by atoms with Crippen LogP contribution in [0.25, 0.3) is 0 Å². The van der Waals surface area contributed by atoms with E-state index in [1.54, 1.807) is 12.1 Å². The van der Waals surface area contributed by atoms with E-state index >= 15 is 0 Å². The van der Waals surface area contributed by atoms with E-state index in [-0.39, 0.29) is 47.7 Å². The Morgan fingerprint density at radius 1 is 1.09 bits per heavy atom. The Hall–Kier alpha value is -2.68. The summed E-state index contributed by atoms with van der Waals surface area (Å²) in [5.41, 5.74) is 0.948. The Kier molecular flexibility index (Phi) is 6.64. The van der Waals surface area contributed by atoms with E-state index < -0.39 is 6.04 Å². The van der Waals surface area contributed by atoms with Crippen molar-refractivity contribution in [2.45, 2.75) is 63.8 Å². The van der Waals surface area contributed by atoms with Crippen molar-refractivity contribution in [1.29, 1.82) is 0 Å². The highest BCUT2D eigenvalue weighted by atomic mass is 19.1. The molecular formula is C23H32FN5O3. The number of carbonyl (C=O) groups excluding carboxylic acids is 3. The minimum atomic E-state index is -0.628. The molecule has 0 unspecified atom stereocenters. The SMILES string of the molecule is CC(C)NC(=O)N[C@H]1C[C@H]2CN(Cc3ccc(F)cc3)C[C@H](NC(=O)C3CC3)C(=O)N2C1. The summed E-state index contributed by atoms with van der Waals surface area (Å²) in [4.78, 5) is 41.9. The van der Waals surface area contributed by atoms with E-state index in [1.165, 1.54) is 12.1 Å². The maximum Gasteiger partial charge on any atom is 0.315 e. The molecule has 3 aliphatic rings. The molecule has 0 aromatic heterocycles. The largest absolute Gasteiger partial charge is 0.343 e. The predicted molar refractivity (Wildman–Crippen MR) is 117 cm³/mol. The summed E-state index contributed by atoms with van der Waals surface area (Å²) in [6, 6.07) is 5.30. The van der Waals surface area contributed by atoms with Gasteiger partial charge in [0.15, 0.2) is 0 Å². The maximum atomic E-state index is 13.4. The van der Waals surface area contributed by atoms with Crippen LogP contribution in [0.15, 0.2) is 24.3 Å². The van der Waals surface area contributed by atoms with Gasteiger partial charge in [0.1, 0.15) is 11.9 Å². The predicted octanol–water partition coefficient (Wildman–Crippen LogP) is 1.21. The fraction of sp³-hybridized carbons (Fsp3) is 0.609. The van der Waals surface area contributed by atoms with Gasteiger partial charge in [0.05, 0.1) is 6.04 Å². The molecule has 0 bridgehead atoms. The number of halogens is 1. The van der Waals surface area contributed by atoms with Gasteiger partial charge in [-0.1, -0.05) is 12.1 Å². The molecule has 1 aromatic rings. The Labute approximate surface area is 187 Å². The van der Waals surface area contributed by atoms with Crippen molar-refractivity contribution in [3.63, 3.8) is 0 Å². The Balaban J connectivity index is 1.48. The lowest BCUT2D eigenvalue weighted by atomic mass is 10.1. The number of hydrogen-bond acceptors (Lipinski definition) is 4. The van der Waals surface area contributed by atoms with Crippen LogP contribution in [-0.4, -0.2) is 71.4 Å². The number of nitrogens with zero attached hydrogens (tertiary/aromatic N) is 2. The second-order valence-corrected chi connectivity index (χ2v) is 9.51. The fourth-order valence-electron chi connectivity index (χ4n) is 4.58. The highest BCUT2D eigenvalue weighted by Gasteiger charge is 2.44. The molecule has 3 atom stereocenters. The van der Waals surface area contributed by atoms with E-state index in [9.17, 15) is 18.8 Å². The fourth-order valence-corrected chi connectivity index (χ4v) is 4.58. The minimum Gasteiger partial charge on any atom is -0.343 e. The summed E-state index contributed by atoms with van der Waals surface area (Å²) in [5.74, 6) is -0.432. The highest BCUT2D eigenvalue weighted by molar-refractivity contribution is 5.90. The van der Waals surface area contributed by atoms with Crippen molar-refractivity contribution in [3.8, 4) is 0 Å². The maximum absolute atomic E-state index is 13.4. The van der Waals surface area contributed by atoms with Crippen molar-refractivity contribution < 1.29 is 18.8 Å². The molecule has 4 amide bonds. The van der Waals surface area contributed by atoms with E-state index in [0.29, 0.717) is 32.6 Å². The normalized spacial score (nSPS) is 25.9. The molecule has 4 rings (SSSR count). The number of benzene rings is 1. The standard InChI is InChI=1S/C23H32FN5O3/c1-14(2)25-23(32)26-18-9-19-12-28(10-15-3-7-17(24)8-4-15)13-20(22(31)29(19)11-18)27-21(30)16-5-6-16/h3-4,7-8,14,16,18-20H,5-6,9-13H2,1-2H3,(H,27,30)(H2,25,26,32)/t18-,19-,20-/m0/s1. The van der Waals surface area contributed by atoms with Crippen LogP contribution < -0.4 is 16.0 Å². The molecule has 3 N–H and O–H groups in total. The molecule has 2 heterocycles. The molecule has 0 spiro atoms. The third-order valence-electron chi connectivity index (χ3n) is 6.24. The minimum absolute atomic E-state index is 0.0140. The molecule has 32 heavy (non-hydrogen) atoms. The van der Waals surface area contributed by atoms with Gasteiger partial charge in [-0.15, -0.1) is 0 Å². The number of carbonyl (C=O) groups is 3. The van der Waals surface area contributed by atoms with Gasteiger partial charge in [-0.05, 0) is 50.8 Å². The van der Waals surface area contributed by atoms with Crippen molar-refractivity contribution >= 4 is 17.8 Å². The summed E-state index contributed by atoms with van der Waals surface area (Å²) in [5, 5.41) is 8.75. The van der Waals surface area contributed by atoms with Gasteiger partial charge < -0.3 is 20.9 Å². The summed E-state index contributed by atoms with van der Waals surface area (Å²) < 4.78 is 13.3. The second-order valence-electron chi connectivity index (χ2n) is 9.51. The van der Waals surface area contributed by atoms with Crippen LogP contribution in [0.3, 0.4) is 0 Å². The molecule has 174 valence electrons. The molecule has 0 radical (unpaired) electrons. The lowest BCUT2D eigenvalue weighted by Gasteiger charge is -2.25. The zero-order valence-corrected chi connectivity index (χ0v) is 18.6. The summed E-state index contributed by atoms with van der Waals surface area (Å²) in [7, 11) is 0. The molecule has 1 aromatic carbocycles. The van der Waals surface area contributed by atoms with Crippen LogP contribution in [0.1, 0.15) is 38.7 Å². The van der Waals surface area contributed by atoms with Crippen molar-refractivity contribution in [1.82, 2.24) is 25.8 Å². The molecule has 2 aliphatic heterocycles. The topological polar surface area (TPSA) is 93.8 Å². The summed E-state index contributed by atoms with van der Waals surface area (Å²) in [6.07, 6.45) is 2.39. The van der Waals surface area contributed by atoms with E-state index in [2.05, 4.69) is 20.9 Å². The van der Waals surface area contributed by atoms with Crippen LogP contribution in [0.2, 0.25) is 0 Å². The molecule has 9 heteroatoms. The zero-order chi connectivity index (χ0) is 22.8. The first-order valence-corrected chi connectivity index (χ1v) is 11.4. The number of fused-ring (bicyclic) bond motifs is 1. The first-order chi connectivity index (χ1) is 15.3. The zero-order valence-electron chi connectivity index (χ0n) is 18.6. The van der Waals surface area contributed by atoms with Crippen LogP contribution >= 0.6 is 0 Å². The van der Waals surface area contributed by atoms with Gasteiger partial charge in [-0.25, -0.2) is 9.18 Å². The highest BCUT2D eigenvalue weighted by Crippen LogP contribution is 2.30. The van der Waals surface area contributed by atoms with Gasteiger partial charge in [-0.2, -0.15) is 0 Å². The van der Waals surface area contributed by atoms with Crippen LogP contribution in [0, 0.1) is 11.7 Å². The summed E-state index contributed by atoms with van der Waals surface area (Å²) >= 11 is 0. The second kappa shape index (κ2) is 9.44. The third kappa shape index (κ3) is 5.56. The number of hydrogen-bond donors (Lipinski definition) is 3. The van der Waals surface area contributed by atoms with Gasteiger partial charge >= 0.3 is 6.03 Å². The van der Waals surface area contributed by atoms with Crippen LogP contribution in [0.4, 0.5) is 9.18 Å². The van der Waals surface area contributed by atoms with E-state index in [0.717, 1.165) is 18.4 Å². The van der Waals surface area contributed by atoms with E-state index in [1.807, 2.05) is 18.7 Å². The number of urea groups is 1. The van der Waals surface area contributed by atoms with Gasteiger partial charge in [0.2, 0.25) is 11.8 Å². The third-order valence-corrected chi connectivity index (χ3v) is 6.24. The monoisotopic (exact) mass is 445 g/mol. The lowest BCUT2D eigenvalue weighted by molar-refractivity contribution is -0.136. The van der Waals surface area contributed by atoms with Crippen molar-refractivity contribution in [2.75, 3.05) is 19.6 Å². The Bertz CT molecular complexity index is 858. The molecule has 2 saturated heterocycles. The quantitative estimate of drug-likeness (QED) is 0.614. The molecule has 3 fully saturated rings. The average molecular weight is 446 g/mol. The number of rotatable bonds is 6. The summed E-state index contributed by atoms with van der Waals surface area (Å²) in [6.45, 7) is 5.81. The van der Waals surface area contributed by atoms with Gasteiger partial charge in [0.25, 0.3) is 0 Å².